The van der Waals surface area contributed by atoms with E-state index in [1.807, 2.05) is 36.4 Å². The van der Waals surface area contributed by atoms with Gasteiger partial charge in [0, 0.05) is 32.7 Å². The number of aromatic amines is 1. The third-order valence-corrected chi connectivity index (χ3v) is 5.55. The lowest BCUT2D eigenvalue weighted by atomic mass is 10.1. The molecule has 1 aliphatic rings. The minimum absolute atomic E-state index is 0.0643. The van der Waals surface area contributed by atoms with Gasteiger partial charge in [-0.15, -0.1) is 0 Å². The van der Waals surface area contributed by atoms with E-state index < -0.39 is 0 Å². The Labute approximate surface area is 164 Å². The Balaban J connectivity index is 1.39. The number of nitrogens with zero attached hydrogens (tertiary/aromatic N) is 3. The molecule has 0 spiro atoms. The number of hydrogen-bond acceptors (Lipinski definition) is 5. The van der Waals surface area contributed by atoms with Gasteiger partial charge < -0.3 is 9.72 Å². The van der Waals surface area contributed by atoms with Crippen molar-refractivity contribution in [3.63, 3.8) is 0 Å². The van der Waals surface area contributed by atoms with Gasteiger partial charge >= 0.3 is 0 Å². The fraction of sp³-hybridized carbons (Fsp3) is 0.364. The summed E-state index contributed by atoms with van der Waals surface area (Å²) in [6, 6.07) is 15.8. The molecule has 0 radical (unpaired) electrons. The molecule has 2 aromatic carbocycles. The number of methoxy groups -OCH3 is 1. The molecular weight excluding hydrogens is 352 g/mol. The molecule has 0 unspecified atom stereocenters. The zero-order valence-electron chi connectivity index (χ0n) is 16.4. The Bertz CT molecular complexity index is 991. The van der Waals surface area contributed by atoms with Crippen LogP contribution in [0.4, 0.5) is 0 Å². The van der Waals surface area contributed by atoms with E-state index in [0.29, 0.717) is 5.39 Å². The number of piperazine rings is 1. The van der Waals surface area contributed by atoms with E-state index in [-0.39, 0.29) is 11.6 Å². The number of aromatic nitrogens is 2. The summed E-state index contributed by atoms with van der Waals surface area (Å²) in [6.45, 7) is 6.95. The molecule has 0 bridgehead atoms. The van der Waals surface area contributed by atoms with Crippen molar-refractivity contribution in [1.82, 2.24) is 19.8 Å². The van der Waals surface area contributed by atoms with E-state index in [4.69, 9.17) is 9.72 Å². The minimum Gasteiger partial charge on any atom is -0.497 e. The van der Waals surface area contributed by atoms with E-state index >= 15 is 0 Å². The lowest BCUT2D eigenvalue weighted by Crippen LogP contribution is -2.47. The quantitative estimate of drug-likeness (QED) is 0.740. The van der Waals surface area contributed by atoms with Crippen molar-refractivity contribution in [2.45, 2.75) is 19.5 Å². The molecule has 6 nitrogen and oxygen atoms in total. The number of fused-ring (bicyclic) bond motifs is 1. The van der Waals surface area contributed by atoms with E-state index in [1.165, 1.54) is 5.56 Å². The van der Waals surface area contributed by atoms with Crippen molar-refractivity contribution in [1.29, 1.82) is 0 Å². The van der Waals surface area contributed by atoms with Gasteiger partial charge in [0.1, 0.15) is 11.6 Å². The molecule has 0 aliphatic carbocycles. The summed E-state index contributed by atoms with van der Waals surface area (Å²) in [5.41, 5.74) is 1.99. The van der Waals surface area contributed by atoms with Crippen molar-refractivity contribution in [3.8, 4) is 5.75 Å². The second-order valence-corrected chi connectivity index (χ2v) is 7.30. The number of benzene rings is 2. The van der Waals surface area contributed by atoms with E-state index in [9.17, 15) is 4.79 Å². The second-order valence-electron chi connectivity index (χ2n) is 7.30. The number of para-hydroxylation sites is 1. The van der Waals surface area contributed by atoms with Gasteiger partial charge in [-0.25, -0.2) is 4.98 Å². The van der Waals surface area contributed by atoms with Gasteiger partial charge in [-0.2, -0.15) is 0 Å². The Morgan fingerprint density at radius 2 is 1.79 bits per heavy atom. The average Bonchev–Trinajstić information content (AvgIpc) is 2.74. The summed E-state index contributed by atoms with van der Waals surface area (Å²) >= 11 is 0. The van der Waals surface area contributed by atoms with Crippen LogP contribution in [-0.4, -0.2) is 53.1 Å². The molecule has 146 valence electrons. The summed E-state index contributed by atoms with van der Waals surface area (Å²) in [4.78, 5) is 24.9. The number of hydrogen-bond donors (Lipinski definition) is 1. The lowest BCUT2D eigenvalue weighted by Gasteiger charge is -2.37. The van der Waals surface area contributed by atoms with Gasteiger partial charge in [0.05, 0.1) is 24.1 Å². The van der Waals surface area contributed by atoms with Crippen LogP contribution in [-0.2, 0) is 6.54 Å². The van der Waals surface area contributed by atoms with Gasteiger partial charge in [0.15, 0.2) is 0 Å². The molecule has 1 saturated heterocycles. The van der Waals surface area contributed by atoms with Crippen LogP contribution < -0.4 is 10.3 Å². The van der Waals surface area contributed by atoms with E-state index in [2.05, 4.69) is 33.8 Å². The molecule has 0 saturated carbocycles. The molecule has 1 aliphatic heterocycles. The first kappa shape index (κ1) is 18.7. The van der Waals surface area contributed by atoms with Crippen molar-refractivity contribution >= 4 is 10.9 Å². The number of ether oxygens (including phenoxy) is 1. The lowest BCUT2D eigenvalue weighted by molar-refractivity contribution is 0.0948. The Kier molecular flexibility index (Phi) is 5.41. The normalized spacial score (nSPS) is 16.9. The maximum absolute atomic E-state index is 12.4. The second kappa shape index (κ2) is 8.12. The highest BCUT2D eigenvalue weighted by atomic mass is 16.5. The average molecular weight is 378 g/mol. The molecular formula is C22H26N4O2. The molecule has 1 N–H and O–H groups in total. The van der Waals surface area contributed by atoms with Gasteiger partial charge in [-0.1, -0.05) is 24.3 Å². The van der Waals surface area contributed by atoms with Crippen LogP contribution in [0.25, 0.3) is 10.9 Å². The Hall–Kier alpha value is -2.70. The van der Waals surface area contributed by atoms with Crippen LogP contribution >= 0.6 is 0 Å². The predicted molar refractivity (Wildman–Crippen MR) is 111 cm³/mol. The van der Waals surface area contributed by atoms with Crippen LogP contribution in [0.3, 0.4) is 0 Å². The first-order valence-corrected chi connectivity index (χ1v) is 9.72. The molecule has 2 heterocycles. The number of nitrogens with one attached hydrogen (secondary N) is 1. The summed E-state index contributed by atoms with van der Waals surface area (Å²) in [5, 5.41) is 0.641. The summed E-state index contributed by atoms with van der Waals surface area (Å²) in [5.74, 6) is 1.63. The molecule has 28 heavy (non-hydrogen) atoms. The van der Waals surface area contributed by atoms with Crippen LogP contribution in [0.2, 0.25) is 0 Å². The molecule has 3 aromatic rings. The van der Waals surface area contributed by atoms with Gasteiger partial charge in [0.2, 0.25) is 0 Å². The Morgan fingerprint density at radius 3 is 2.50 bits per heavy atom. The largest absolute Gasteiger partial charge is 0.497 e. The molecule has 1 atom stereocenters. The molecule has 6 heteroatoms. The zero-order chi connectivity index (χ0) is 19.5. The highest BCUT2D eigenvalue weighted by Gasteiger charge is 2.24. The standard InChI is InChI=1S/C22H26N4O2/c1-16(21-23-20-6-4-3-5-19(20)22(27)24-21)26-13-11-25(12-14-26)15-17-7-9-18(28-2)10-8-17/h3-10,16H,11-15H2,1-2H3,(H,23,24,27)/t16-/m0/s1. The first-order valence-electron chi connectivity index (χ1n) is 9.72. The fourth-order valence-electron chi connectivity index (χ4n) is 3.77. The van der Waals surface area contributed by atoms with Crippen LogP contribution in [0.5, 0.6) is 5.75 Å². The summed E-state index contributed by atoms with van der Waals surface area (Å²) < 4.78 is 5.23. The molecule has 4 rings (SSSR count). The van der Waals surface area contributed by atoms with Crippen molar-refractivity contribution < 1.29 is 4.74 Å². The van der Waals surface area contributed by atoms with Crippen molar-refractivity contribution in [2.24, 2.45) is 0 Å². The third kappa shape index (κ3) is 3.93. The van der Waals surface area contributed by atoms with Crippen LogP contribution in [0.15, 0.2) is 53.3 Å². The fourth-order valence-corrected chi connectivity index (χ4v) is 3.77. The van der Waals surface area contributed by atoms with Crippen LogP contribution in [0, 0.1) is 0 Å². The highest BCUT2D eigenvalue weighted by Crippen LogP contribution is 2.20. The topological polar surface area (TPSA) is 61.5 Å². The first-order chi connectivity index (χ1) is 13.6. The minimum atomic E-state index is -0.0643. The van der Waals surface area contributed by atoms with Gasteiger partial charge in [-0.05, 0) is 36.8 Å². The van der Waals surface area contributed by atoms with E-state index in [1.54, 1.807) is 7.11 Å². The van der Waals surface area contributed by atoms with Gasteiger partial charge in [0.25, 0.3) is 5.56 Å². The van der Waals surface area contributed by atoms with Crippen molar-refractivity contribution in [3.05, 3.63) is 70.3 Å². The van der Waals surface area contributed by atoms with E-state index in [0.717, 1.165) is 49.8 Å². The zero-order valence-corrected chi connectivity index (χ0v) is 16.4. The maximum atomic E-state index is 12.4. The maximum Gasteiger partial charge on any atom is 0.258 e. The molecule has 0 amide bonds. The van der Waals surface area contributed by atoms with Crippen LogP contribution in [0.1, 0.15) is 24.4 Å². The van der Waals surface area contributed by atoms with Gasteiger partial charge in [-0.3, -0.25) is 14.6 Å². The van der Waals surface area contributed by atoms with Crippen molar-refractivity contribution in [2.75, 3.05) is 33.3 Å². The molecule has 1 aromatic heterocycles. The monoisotopic (exact) mass is 378 g/mol. The predicted octanol–water partition coefficient (Wildman–Crippen LogP) is 2.81. The summed E-state index contributed by atoms with van der Waals surface area (Å²) in [7, 11) is 1.69. The Morgan fingerprint density at radius 1 is 1.07 bits per heavy atom. The highest BCUT2D eigenvalue weighted by molar-refractivity contribution is 5.77. The number of H-pyrrole nitrogens is 1. The third-order valence-electron chi connectivity index (χ3n) is 5.55. The smallest absolute Gasteiger partial charge is 0.258 e. The molecule has 1 fully saturated rings. The number of rotatable bonds is 5. The summed E-state index contributed by atoms with van der Waals surface area (Å²) in [6.07, 6.45) is 0. The SMILES string of the molecule is COc1ccc(CN2CCN([C@@H](C)c3nc4ccccc4c(=O)[nH]3)CC2)cc1.